The normalized spacial score (nSPS) is 25.1. The molecule has 4 radical (unpaired) electrons. The van der Waals surface area contributed by atoms with Crippen molar-refractivity contribution in [3.8, 4) is 0 Å². The molecule has 0 aromatic heterocycles. The molecule has 1 aliphatic heterocycles. The van der Waals surface area contributed by atoms with E-state index in [0.717, 1.165) is 19.3 Å². The molecule has 0 aromatic rings. The summed E-state index contributed by atoms with van der Waals surface area (Å²) in [5.74, 6) is -1.37. The summed E-state index contributed by atoms with van der Waals surface area (Å²) < 4.78 is 10.8. The van der Waals surface area contributed by atoms with Crippen LogP contribution in [0.15, 0.2) is 0 Å². The van der Waals surface area contributed by atoms with Crippen LogP contribution in [0.1, 0.15) is 45.4 Å². The van der Waals surface area contributed by atoms with Crippen LogP contribution in [0.3, 0.4) is 0 Å². The SMILES string of the molecule is CC(CCC(=O)O)C(=O)NCCCCCCOC1OC(CO)C(O)C(O)C1[NH-].[Ac].[Ac].[Ac].[Ac]. The monoisotopic (exact) mass is 1310 g/mol. The number of carbonyl (C=O) groups excluding carboxylic acids is 1. The molecule has 0 saturated carbocycles. The van der Waals surface area contributed by atoms with E-state index in [-0.39, 0.29) is 194 Å². The van der Waals surface area contributed by atoms with Gasteiger partial charge in [-0.2, -0.15) is 0 Å². The average molecular weight is 1310 g/mol. The van der Waals surface area contributed by atoms with E-state index in [9.17, 15) is 19.8 Å². The number of aliphatic carboxylic acids is 1. The first-order chi connectivity index (χ1) is 13.3. The van der Waals surface area contributed by atoms with Crippen molar-refractivity contribution in [3.05, 3.63) is 5.73 Å². The summed E-state index contributed by atoms with van der Waals surface area (Å²) in [5.41, 5.74) is 7.82. The number of ether oxygens (including phenoxy) is 2. The summed E-state index contributed by atoms with van der Waals surface area (Å²) in [6, 6.07) is -1.14. The average Bonchev–Trinajstić information content (AvgIpc) is 2.67. The summed E-state index contributed by atoms with van der Waals surface area (Å²) in [4.78, 5) is 22.3. The van der Waals surface area contributed by atoms with Gasteiger partial charge in [0.2, 0.25) is 5.91 Å². The van der Waals surface area contributed by atoms with Gasteiger partial charge in [-0.3, -0.25) is 9.59 Å². The third kappa shape index (κ3) is 17.9. The minimum Gasteiger partial charge on any atom is -0.668 e. The summed E-state index contributed by atoms with van der Waals surface area (Å²) in [5, 5.41) is 40.0. The Hall–Kier alpha value is 4.47. The van der Waals surface area contributed by atoms with E-state index < -0.39 is 43.2 Å². The van der Waals surface area contributed by atoms with Crippen LogP contribution in [-0.2, 0) is 19.1 Å². The van der Waals surface area contributed by atoms with Gasteiger partial charge in [0, 0.05) is 202 Å². The van der Waals surface area contributed by atoms with Gasteiger partial charge in [-0.05, 0) is 19.3 Å². The quantitative estimate of drug-likeness (QED) is 0.161. The molecule has 1 heterocycles. The zero-order valence-electron chi connectivity index (χ0n) is 18.6. The number of carboxylic acid groups (broad SMARTS) is 1. The van der Waals surface area contributed by atoms with Gasteiger partial charge in [0.25, 0.3) is 0 Å². The first-order valence-corrected chi connectivity index (χ1v) is 9.72. The Morgan fingerprint density at radius 3 is 2.22 bits per heavy atom. The van der Waals surface area contributed by atoms with Crippen LogP contribution in [0.5, 0.6) is 0 Å². The largest absolute Gasteiger partial charge is 0.668 e. The van der Waals surface area contributed by atoms with Gasteiger partial charge in [-0.1, -0.05) is 25.8 Å². The predicted octanol–water partition coefficient (Wildman–Crippen LogP) is 0.0403. The molecule has 0 aromatic carbocycles. The number of hydrogen-bond donors (Lipinski definition) is 5. The summed E-state index contributed by atoms with van der Waals surface area (Å²) in [7, 11) is 0. The second-order valence-electron chi connectivity index (χ2n) is 7.14. The molecule has 10 nitrogen and oxygen atoms in total. The number of aliphatic hydroxyl groups is 3. The molecule has 32 heavy (non-hydrogen) atoms. The number of carboxylic acids is 1. The molecule has 14 heteroatoms. The van der Waals surface area contributed by atoms with Crippen molar-refractivity contribution in [1.29, 1.82) is 0 Å². The Labute approximate surface area is 333 Å². The Morgan fingerprint density at radius 2 is 1.66 bits per heavy atom. The van der Waals surface area contributed by atoms with E-state index in [1.807, 2.05) is 0 Å². The maximum Gasteiger partial charge on any atom is 0.303 e. The van der Waals surface area contributed by atoms with Crippen molar-refractivity contribution in [2.24, 2.45) is 5.92 Å². The summed E-state index contributed by atoms with van der Waals surface area (Å²) in [6.07, 6.45) is -1.11. The van der Waals surface area contributed by atoms with Crippen molar-refractivity contribution >= 4 is 11.9 Å². The van der Waals surface area contributed by atoms with Gasteiger partial charge < -0.3 is 41.0 Å². The van der Waals surface area contributed by atoms with Gasteiger partial charge >= 0.3 is 5.97 Å². The van der Waals surface area contributed by atoms with Gasteiger partial charge in [0.05, 0.1) is 12.7 Å². The van der Waals surface area contributed by atoms with Crippen molar-refractivity contribution in [2.45, 2.75) is 76.1 Å². The number of unbranched alkanes of at least 4 members (excludes halogenated alkanes) is 3. The second kappa shape index (κ2) is 25.7. The fourth-order valence-corrected chi connectivity index (χ4v) is 2.86. The van der Waals surface area contributed by atoms with Crippen LogP contribution in [0.4, 0.5) is 0 Å². The number of carbonyl (C=O) groups is 2. The van der Waals surface area contributed by atoms with Crippen LogP contribution >= 0.6 is 0 Å². The molecule has 0 spiro atoms. The van der Waals surface area contributed by atoms with Gasteiger partial charge in [-0.25, -0.2) is 0 Å². The smallest absolute Gasteiger partial charge is 0.303 e. The number of rotatable bonds is 13. The third-order valence-electron chi connectivity index (χ3n) is 4.77. The molecule has 1 amide bonds. The van der Waals surface area contributed by atoms with E-state index >= 15 is 0 Å². The zero-order chi connectivity index (χ0) is 21.1. The first-order valence-electron chi connectivity index (χ1n) is 9.72. The molecule has 6 unspecified atom stereocenters. The molecule has 176 valence electrons. The van der Waals surface area contributed by atoms with Crippen molar-refractivity contribution in [1.82, 2.24) is 5.32 Å². The van der Waals surface area contributed by atoms with Crippen LogP contribution in [0.25, 0.3) is 5.73 Å². The molecule has 1 rings (SSSR count). The van der Waals surface area contributed by atoms with E-state index in [2.05, 4.69) is 5.32 Å². The minimum absolute atomic E-state index is 0. The Balaban J connectivity index is -0.000000980. The minimum atomic E-state index is -1.34. The molecule has 1 aliphatic rings. The van der Waals surface area contributed by atoms with Crippen LogP contribution in [0, 0.1) is 182 Å². The van der Waals surface area contributed by atoms with E-state index in [1.54, 1.807) is 6.92 Å². The summed E-state index contributed by atoms with van der Waals surface area (Å²) in [6.45, 7) is 2.09. The van der Waals surface area contributed by atoms with E-state index in [0.29, 0.717) is 26.0 Å². The number of hydrogen-bond acceptors (Lipinski definition) is 7. The van der Waals surface area contributed by atoms with Crippen LogP contribution in [0.2, 0.25) is 0 Å². The number of aliphatic hydroxyl groups excluding tert-OH is 3. The molecule has 0 bridgehead atoms. The number of amides is 1. The standard InChI is InChI=1S/C18H33N2O8.4Ac/c1-11(6-7-13(22)23)17(26)20-8-4-2-3-5-9-27-18-14(19)16(25)15(24)12(10-21)28-18;;;;/h11-12,14-16,18-19,21,24-25H,2-10H2,1H3,(H,20,26)(H,22,23);;;;/q-1;;;;. The zero-order valence-corrected chi connectivity index (χ0v) is 37.5. The number of nitrogens with one attached hydrogen (secondary N) is 2. The molecule has 6 N–H and O–H groups in total. The van der Waals surface area contributed by atoms with Crippen LogP contribution in [-0.4, -0.2) is 82.7 Å². The first kappa shape index (κ1) is 43.5. The molecular weight excluding hydrogens is 1280 g/mol. The second-order valence-corrected chi connectivity index (χ2v) is 7.14. The fourth-order valence-electron chi connectivity index (χ4n) is 2.86. The Morgan fingerprint density at radius 1 is 1.06 bits per heavy atom. The van der Waals surface area contributed by atoms with Gasteiger partial charge in [0.15, 0.2) is 0 Å². The van der Waals surface area contributed by atoms with Crippen molar-refractivity contribution in [2.75, 3.05) is 19.8 Å². The summed E-state index contributed by atoms with van der Waals surface area (Å²) >= 11 is 0. The van der Waals surface area contributed by atoms with Crippen molar-refractivity contribution < 1.29 is 216 Å². The predicted molar refractivity (Wildman–Crippen MR) is 99.3 cm³/mol. The van der Waals surface area contributed by atoms with E-state index in [4.69, 9.17) is 25.4 Å². The van der Waals surface area contributed by atoms with Gasteiger partial charge in [0.1, 0.15) is 18.5 Å². The molecule has 1 saturated heterocycles. The third-order valence-corrected chi connectivity index (χ3v) is 4.77. The maximum atomic E-state index is 11.8. The Bertz CT molecular complexity index is 494. The van der Waals surface area contributed by atoms with Gasteiger partial charge in [-0.15, -0.1) is 0 Å². The Kier molecular flexibility index (Phi) is 35.0. The molecular formula is C18H33Ac4N2O8-. The fraction of sp³-hybridized carbons (Fsp3) is 0.889. The topological polar surface area (TPSA) is 169 Å². The van der Waals surface area contributed by atoms with E-state index in [1.165, 1.54) is 0 Å². The molecule has 6 atom stereocenters. The van der Waals surface area contributed by atoms with Crippen molar-refractivity contribution in [3.63, 3.8) is 0 Å². The molecule has 0 aliphatic carbocycles. The van der Waals surface area contributed by atoms with Crippen LogP contribution < -0.4 is 5.32 Å². The molecule has 1 fully saturated rings. The maximum absolute atomic E-state index is 11.8.